The Hall–Kier alpha value is -2.67. The van der Waals surface area contributed by atoms with Gasteiger partial charge < -0.3 is 14.5 Å². The van der Waals surface area contributed by atoms with Gasteiger partial charge in [-0.3, -0.25) is 14.9 Å². The predicted molar refractivity (Wildman–Crippen MR) is 80.0 cm³/mol. The minimum Gasteiger partial charge on any atom is -0.467 e. The number of ether oxygens (including phenoxy) is 1. The number of benzene rings is 1. The second kappa shape index (κ2) is 6.86. The molecule has 7 heteroatoms. The van der Waals surface area contributed by atoms with Crippen molar-refractivity contribution in [3.63, 3.8) is 0 Å². The molecule has 0 amide bonds. The summed E-state index contributed by atoms with van der Waals surface area (Å²) in [7, 11) is 1.53. The molecule has 0 spiro atoms. The lowest BCUT2D eigenvalue weighted by Crippen LogP contribution is -2.16. The van der Waals surface area contributed by atoms with E-state index in [2.05, 4.69) is 5.32 Å². The highest BCUT2D eigenvalue weighted by Gasteiger charge is 2.21. The van der Waals surface area contributed by atoms with Crippen LogP contribution in [-0.2, 0) is 4.74 Å². The Morgan fingerprint density at radius 3 is 2.77 bits per heavy atom. The van der Waals surface area contributed by atoms with Gasteiger partial charge >= 0.3 is 0 Å². The molecule has 0 aliphatic heterocycles. The van der Waals surface area contributed by atoms with Crippen LogP contribution < -0.4 is 5.32 Å². The summed E-state index contributed by atoms with van der Waals surface area (Å²) >= 11 is 0. The first kappa shape index (κ1) is 15.7. The molecule has 1 atom stereocenters. The second-order valence-electron chi connectivity index (χ2n) is 4.71. The Bertz CT molecular complexity index is 667. The van der Waals surface area contributed by atoms with E-state index in [4.69, 9.17) is 9.15 Å². The minimum absolute atomic E-state index is 0.166. The fraction of sp³-hybridized carbons (Fsp3) is 0.267. The van der Waals surface area contributed by atoms with E-state index in [9.17, 15) is 14.9 Å². The van der Waals surface area contributed by atoms with Crippen LogP contribution in [-0.4, -0.2) is 24.4 Å². The monoisotopic (exact) mass is 304 g/mol. The molecule has 22 heavy (non-hydrogen) atoms. The molecule has 0 aliphatic carbocycles. The molecule has 116 valence electrons. The fourth-order valence-electron chi connectivity index (χ4n) is 2.06. The zero-order valence-electron chi connectivity index (χ0n) is 12.2. The average Bonchev–Trinajstić information content (AvgIpc) is 3.00. The van der Waals surface area contributed by atoms with Crippen molar-refractivity contribution in [3.05, 3.63) is 58.0 Å². The van der Waals surface area contributed by atoms with Gasteiger partial charge in [0, 0.05) is 18.7 Å². The average molecular weight is 304 g/mol. The minimum atomic E-state index is -0.527. The van der Waals surface area contributed by atoms with Gasteiger partial charge in [0.05, 0.1) is 17.8 Å². The Balaban J connectivity index is 2.34. The summed E-state index contributed by atoms with van der Waals surface area (Å²) in [5.74, 6) is 0.376. The van der Waals surface area contributed by atoms with Gasteiger partial charge in [0.2, 0.25) is 0 Å². The summed E-state index contributed by atoms with van der Waals surface area (Å²) in [5, 5.41) is 14.2. The molecule has 0 saturated heterocycles. The van der Waals surface area contributed by atoms with E-state index in [1.165, 1.54) is 32.4 Å². The number of furan rings is 1. The number of methoxy groups -OCH3 is 1. The molecule has 0 bridgehead atoms. The number of carbonyl (C=O) groups is 1. The zero-order valence-corrected chi connectivity index (χ0v) is 12.2. The van der Waals surface area contributed by atoms with E-state index < -0.39 is 4.92 Å². The van der Waals surface area contributed by atoms with Crippen molar-refractivity contribution in [1.82, 2.24) is 0 Å². The highest BCUT2D eigenvalue weighted by molar-refractivity contribution is 5.95. The lowest BCUT2D eigenvalue weighted by Gasteiger charge is -2.17. The van der Waals surface area contributed by atoms with Crippen LogP contribution in [0.5, 0.6) is 0 Å². The maximum atomic E-state index is 11.4. The molecule has 2 rings (SSSR count). The normalized spacial score (nSPS) is 11.9. The summed E-state index contributed by atoms with van der Waals surface area (Å²) in [4.78, 5) is 22.1. The van der Waals surface area contributed by atoms with Gasteiger partial charge in [-0.2, -0.15) is 0 Å². The number of rotatable bonds is 7. The van der Waals surface area contributed by atoms with Crippen molar-refractivity contribution < 1.29 is 18.9 Å². The van der Waals surface area contributed by atoms with Crippen molar-refractivity contribution in [2.24, 2.45) is 0 Å². The molecule has 0 saturated carbocycles. The summed E-state index contributed by atoms with van der Waals surface area (Å²) in [6, 6.07) is 7.43. The number of ketones is 1. The van der Waals surface area contributed by atoms with Crippen LogP contribution in [0.25, 0.3) is 0 Å². The standard InChI is InChI=1S/C15H16N2O5/c1-10(18)11-5-6-12(14(8-11)17(19)20)16-13(9-21-2)15-4-3-7-22-15/h3-8,13,16H,9H2,1-2H3. The van der Waals surface area contributed by atoms with Crippen molar-refractivity contribution in [3.8, 4) is 0 Å². The van der Waals surface area contributed by atoms with Gasteiger partial charge in [-0.05, 0) is 31.2 Å². The first-order valence-corrected chi connectivity index (χ1v) is 6.61. The third-order valence-electron chi connectivity index (χ3n) is 3.15. The van der Waals surface area contributed by atoms with E-state index in [-0.39, 0.29) is 24.1 Å². The Morgan fingerprint density at radius 2 is 2.23 bits per heavy atom. The summed E-state index contributed by atoms with van der Waals surface area (Å²) in [6.07, 6.45) is 1.52. The van der Waals surface area contributed by atoms with Crippen LogP contribution in [0.2, 0.25) is 0 Å². The maximum absolute atomic E-state index is 11.4. The molecule has 1 aromatic heterocycles. The predicted octanol–water partition coefficient (Wildman–Crippen LogP) is 3.19. The summed E-state index contributed by atoms with van der Waals surface area (Å²) < 4.78 is 10.4. The molecular weight excluding hydrogens is 288 g/mol. The Kier molecular flexibility index (Phi) is 4.90. The van der Waals surface area contributed by atoms with E-state index in [0.29, 0.717) is 17.0 Å². The number of nitro groups is 1. The highest BCUT2D eigenvalue weighted by atomic mass is 16.6. The van der Waals surface area contributed by atoms with Crippen LogP contribution >= 0.6 is 0 Å². The number of anilines is 1. The number of nitrogens with zero attached hydrogens (tertiary/aromatic N) is 1. The van der Waals surface area contributed by atoms with E-state index in [1.807, 2.05) is 0 Å². The van der Waals surface area contributed by atoms with Crippen molar-refractivity contribution in [2.75, 3.05) is 19.0 Å². The fourth-order valence-corrected chi connectivity index (χ4v) is 2.06. The largest absolute Gasteiger partial charge is 0.467 e. The highest BCUT2D eigenvalue weighted by Crippen LogP contribution is 2.29. The Labute approximate surface area is 127 Å². The van der Waals surface area contributed by atoms with Crippen LogP contribution in [0, 0.1) is 10.1 Å². The van der Waals surface area contributed by atoms with Crippen LogP contribution in [0.4, 0.5) is 11.4 Å². The van der Waals surface area contributed by atoms with Crippen LogP contribution in [0.15, 0.2) is 41.0 Å². The lowest BCUT2D eigenvalue weighted by atomic mass is 10.1. The summed E-state index contributed by atoms with van der Waals surface area (Å²) in [5.41, 5.74) is 0.423. The van der Waals surface area contributed by atoms with Crippen LogP contribution in [0.3, 0.4) is 0 Å². The third kappa shape index (κ3) is 3.50. The first-order chi connectivity index (χ1) is 10.5. The quantitative estimate of drug-likeness (QED) is 0.479. The SMILES string of the molecule is COCC(Nc1ccc(C(C)=O)cc1[N+](=O)[O-])c1ccco1. The molecule has 0 radical (unpaired) electrons. The number of hydrogen-bond donors (Lipinski definition) is 1. The number of carbonyl (C=O) groups excluding carboxylic acids is 1. The van der Waals surface area contributed by atoms with E-state index in [0.717, 1.165) is 0 Å². The molecule has 0 fully saturated rings. The van der Waals surface area contributed by atoms with E-state index in [1.54, 1.807) is 18.2 Å². The molecule has 1 unspecified atom stereocenters. The topological polar surface area (TPSA) is 94.6 Å². The summed E-state index contributed by atoms with van der Waals surface area (Å²) in [6.45, 7) is 1.64. The number of Topliss-reactive ketones (excluding diaryl/α,β-unsaturated/α-hetero) is 1. The molecule has 7 nitrogen and oxygen atoms in total. The van der Waals surface area contributed by atoms with Gasteiger partial charge in [-0.15, -0.1) is 0 Å². The van der Waals surface area contributed by atoms with Crippen LogP contribution in [0.1, 0.15) is 29.1 Å². The number of nitro benzene ring substituents is 1. The van der Waals surface area contributed by atoms with Gasteiger partial charge in [0.25, 0.3) is 5.69 Å². The number of hydrogen-bond acceptors (Lipinski definition) is 6. The second-order valence-corrected chi connectivity index (χ2v) is 4.71. The Morgan fingerprint density at radius 1 is 1.45 bits per heavy atom. The van der Waals surface area contributed by atoms with Crippen molar-refractivity contribution >= 4 is 17.2 Å². The molecule has 1 aromatic carbocycles. The molecule has 0 aliphatic rings. The number of nitrogens with one attached hydrogen (secondary N) is 1. The molecule has 1 N–H and O–H groups in total. The van der Waals surface area contributed by atoms with Crippen molar-refractivity contribution in [1.29, 1.82) is 0 Å². The molecule has 2 aromatic rings. The molecular formula is C15H16N2O5. The maximum Gasteiger partial charge on any atom is 0.293 e. The lowest BCUT2D eigenvalue weighted by molar-refractivity contribution is -0.384. The third-order valence-corrected chi connectivity index (χ3v) is 3.15. The van der Waals surface area contributed by atoms with Gasteiger partial charge in [-0.25, -0.2) is 0 Å². The van der Waals surface area contributed by atoms with E-state index >= 15 is 0 Å². The van der Waals surface area contributed by atoms with Gasteiger partial charge in [0.1, 0.15) is 17.5 Å². The van der Waals surface area contributed by atoms with Gasteiger partial charge in [-0.1, -0.05) is 0 Å². The van der Waals surface area contributed by atoms with Gasteiger partial charge in [0.15, 0.2) is 5.78 Å². The first-order valence-electron chi connectivity index (χ1n) is 6.61. The molecule has 1 heterocycles. The zero-order chi connectivity index (χ0) is 16.1. The smallest absolute Gasteiger partial charge is 0.293 e. The van der Waals surface area contributed by atoms with Crippen molar-refractivity contribution in [2.45, 2.75) is 13.0 Å².